The van der Waals surface area contributed by atoms with Gasteiger partial charge in [-0.1, -0.05) is 13.8 Å². The van der Waals surface area contributed by atoms with Crippen molar-refractivity contribution in [3.8, 4) is 0 Å². The van der Waals surface area contributed by atoms with Gasteiger partial charge in [-0.05, 0) is 12.1 Å². The molecule has 0 fully saturated rings. The average Bonchev–Trinajstić information content (AvgIpc) is 2.16. The first-order chi connectivity index (χ1) is 7.22. The predicted octanol–water partition coefficient (Wildman–Crippen LogP) is 3.04. The van der Waals surface area contributed by atoms with Crippen molar-refractivity contribution in [3.63, 3.8) is 0 Å². The number of benzene rings is 1. The Bertz CT molecular complexity index is 388. The smallest absolute Gasteiger partial charge is 0.282 e. The summed E-state index contributed by atoms with van der Waals surface area (Å²) >= 11 is 0. The van der Waals surface area contributed by atoms with E-state index in [1.165, 1.54) is 13.8 Å². The molecule has 1 aromatic rings. The summed E-state index contributed by atoms with van der Waals surface area (Å²) in [5, 5.41) is 0. The number of hydrogen-bond acceptors (Lipinski definition) is 1. The molecule has 0 saturated carbocycles. The number of alkyl halides is 2. The van der Waals surface area contributed by atoms with Crippen molar-refractivity contribution < 1.29 is 17.6 Å². The van der Waals surface area contributed by atoms with Crippen LogP contribution in [0.25, 0.3) is 0 Å². The summed E-state index contributed by atoms with van der Waals surface area (Å²) in [6, 6.07) is 2.00. The highest BCUT2D eigenvalue weighted by molar-refractivity contribution is 5.25. The zero-order chi connectivity index (χ0) is 12.6. The van der Waals surface area contributed by atoms with Crippen LogP contribution in [0.1, 0.15) is 19.4 Å². The molecule has 0 aromatic heterocycles. The van der Waals surface area contributed by atoms with Crippen LogP contribution in [0.3, 0.4) is 0 Å². The molecule has 0 atom stereocenters. The van der Waals surface area contributed by atoms with Crippen molar-refractivity contribution in [2.75, 3.05) is 6.54 Å². The van der Waals surface area contributed by atoms with E-state index in [0.717, 1.165) is 12.1 Å². The lowest BCUT2D eigenvalue weighted by Gasteiger charge is -2.33. The summed E-state index contributed by atoms with van der Waals surface area (Å²) in [7, 11) is 0. The Labute approximate surface area is 91.3 Å². The van der Waals surface area contributed by atoms with Gasteiger partial charge in [0.25, 0.3) is 5.92 Å². The summed E-state index contributed by atoms with van der Waals surface area (Å²) in [4.78, 5) is 0. The van der Waals surface area contributed by atoms with Crippen molar-refractivity contribution >= 4 is 0 Å². The average molecular weight is 235 g/mol. The Morgan fingerprint density at radius 3 is 2.19 bits per heavy atom. The maximum absolute atomic E-state index is 13.9. The Hall–Kier alpha value is -1.10. The summed E-state index contributed by atoms with van der Waals surface area (Å²) < 4.78 is 53.6. The molecule has 0 amide bonds. The van der Waals surface area contributed by atoms with Crippen molar-refractivity contribution in [3.05, 3.63) is 35.4 Å². The first-order valence-corrected chi connectivity index (χ1v) is 4.76. The third-order valence-corrected chi connectivity index (χ3v) is 2.63. The summed E-state index contributed by atoms with van der Waals surface area (Å²) in [5.74, 6) is -5.59. The predicted molar refractivity (Wildman–Crippen MR) is 53.1 cm³/mol. The van der Waals surface area contributed by atoms with E-state index >= 15 is 0 Å². The molecule has 1 nitrogen and oxygen atoms in total. The zero-order valence-electron chi connectivity index (χ0n) is 9.03. The second kappa shape index (κ2) is 4.05. The molecule has 5 heteroatoms. The van der Waals surface area contributed by atoms with E-state index in [4.69, 9.17) is 5.73 Å². The molecule has 2 N–H and O–H groups in total. The molecule has 0 unspecified atom stereocenters. The van der Waals surface area contributed by atoms with E-state index in [1.54, 1.807) is 0 Å². The monoisotopic (exact) mass is 235 g/mol. The fourth-order valence-corrected chi connectivity index (χ4v) is 1.24. The van der Waals surface area contributed by atoms with Crippen LogP contribution >= 0.6 is 0 Å². The molecule has 1 aromatic carbocycles. The van der Waals surface area contributed by atoms with Gasteiger partial charge in [0.15, 0.2) is 0 Å². The molecule has 0 spiro atoms. The third kappa shape index (κ3) is 2.04. The van der Waals surface area contributed by atoms with Gasteiger partial charge in [-0.3, -0.25) is 0 Å². The normalized spacial score (nSPS) is 12.9. The molecular weight excluding hydrogens is 222 g/mol. The van der Waals surface area contributed by atoms with Crippen molar-refractivity contribution in [1.82, 2.24) is 0 Å². The number of nitrogens with two attached hydrogens (primary N) is 1. The van der Waals surface area contributed by atoms with Crippen LogP contribution in [0.2, 0.25) is 0 Å². The third-order valence-electron chi connectivity index (χ3n) is 2.63. The largest absolute Gasteiger partial charge is 0.330 e. The molecule has 0 aliphatic carbocycles. The van der Waals surface area contributed by atoms with Crippen molar-refractivity contribution in [2.24, 2.45) is 11.1 Å². The van der Waals surface area contributed by atoms with E-state index in [9.17, 15) is 17.6 Å². The van der Waals surface area contributed by atoms with Crippen LogP contribution in [0, 0.1) is 17.0 Å². The van der Waals surface area contributed by atoms with Crippen LogP contribution < -0.4 is 5.73 Å². The van der Waals surface area contributed by atoms with Crippen LogP contribution in [0.5, 0.6) is 0 Å². The number of hydrogen-bond donors (Lipinski definition) is 1. The number of rotatable bonds is 3. The molecule has 0 bridgehead atoms. The highest BCUT2D eigenvalue weighted by Gasteiger charge is 2.48. The number of halogens is 4. The van der Waals surface area contributed by atoms with Gasteiger partial charge in [-0.2, -0.15) is 0 Å². The van der Waals surface area contributed by atoms with E-state index in [2.05, 4.69) is 0 Å². The van der Waals surface area contributed by atoms with E-state index in [1.807, 2.05) is 0 Å². The first kappa shape index (κ1) is 13.0. The second-order valence-electron chi connectivity index (χ2n) is 4.29. The van der Waals surface area contributed by atoms with Gasteiger partial charge in [0.05, 0.1) is 5.56 Å². The van der Waals surface area contributed by atoms with Crippen LogP contribution in [-0.4, -0.2) is 6.54 Å². The van der Waals surface area contributed by atoms with Crippen molar-refractivity contribution in [2.45, 2.75) is 19.8 Å². The molecule has 0 saturated heterocycles. The molecule has 90 valence electrons. The second-order valence-corrected chi connectivity index (χ2v) is 4.29. The topological polar surface area (TPSA) is 26.0 Å². The van der Waals surface area contributed by atoms with E-state index in [0.29, 0.717) is 6.07 Å². The Kier molecular flexibility index (Phi) is 3.28. The molecular formula is C11H13F4N. The highest BCUT2D eigenvalue weighted by Crippen LogP contribution is 2.44. The van der Waals surface area contributed by atoms with Gasteiger partial charge in [-0.25, -0.2) is 17.6 Å². The Morgan fingerprint density at radius 1 is 1.19 bits per heavy atom. The lowest BCUT2D eigenvalue weighted by atomic mass is 9.81. The minimum atomic E-state index is -3.44. The summed E-state index contributed by atoms with van der Waals surface area (Å²) in [6.45, 7) is 2.16. The molecule has 0 aliphatic heterocycles. The SMILES string of the molecule is CC(C)(CN)C(F)(F)c1ccc(F)cc1F. The quantitative estimate of drug-likeness (QED) is 0.800. The standard InChI is InChI=1S/C11H13F4N/c1-10(2,6-16)11(14,15)8-4-3-7(12)5-9(8)13/h3-5H,6,16H2,1-2H3. The lowest BCUT2D eigenvalue weighted by molar-refractivity contribution is -0.111. The van der Waals surface area contributed by atoms with E-state index in [-0.39, 0.29) is 6.54 Å². The zero-order valence-corrected chi connectivity index (χ0v) is 9.03. The minimum absolute atomic E-state index is 0.309. The molecule has 1 rings (SSSR count). The van der Waals surface area contributed by atoms with Crippen molar-refractivity contribution in [1.29, 1.82) is 0 Å². The van der Waals surface area contributed by atoms with Gasteiger partial charge in [-0.15, -0.1) is 0 Å². The van der Waals surface area contributed by atoms with Gasteiger partial charge in [0.1, 0.15) is 11.6 Å². The molecule has 0 aliphatic rings. The molecule has 0 radical (unpaired) electrons. The molecule has 0 heterocycles. The van der Waals surface area contributed by atoms with Gasteiger partial charge < -0.3 is 5.73 Å². The highest BCUT2D eigenvalue weighted by atomic mass is 19.3. The van der Waals surface area contributed by atoms with Gasteiger partial charge in [0.2, 0.25) is 0 Å². The Balaban J connectivity index is 3.27. The maximum Gasteiger partial charge on any atom is 0.282 e. The van der Waals surface area contributed by atoms with Crippen LogP contribution in [-0.2, 0) is 5.92 Å². The summed E-state index contributed by atoms with van der Waals surface area (Å²) in [6.07, 6.45) is 0. The van der Waals surface area contributed by atoms with E-state index < -0.39 is 28.5 Å². The lowest BCUT2D eigenvalue weighted by Crippen LogP contribution is -2.40. The molecule has 16 heavy (non-hydrogen) atoms. The van der Waals surface area contributed by atoms with Crippen LogP contribution in [0.4, 0.5) is 17.6 Å². The first-order valence-electron chi connectivity index (χ1n) is 4.76. The fraction of sp³-hybridized carbons (Fsp3) is 0.455. The van der Waals surface area contributed by atoms with Gasteiger partial charge in [0, 0.05) is 18.0 Å². The summed E-state index contributed by atoms with van der Waals surface area (Å²) in [5.41, 5.74) is 2.81. The Morgan fingerprint density at radius 2 is 1.75 bits per heavy atom. The van der Waals surface area contributed by atoms with Gasteiger partial charge >= 0.3 is 0 Å². The fourth-order valence-electron chi connectivity index (χ4n) is 1.24. The minimum Gasteiger partial charge on any atom is -0.330 e. The maximum atomic E-state index is 13.9. The van der Waals surface area contributed by atoms with Crippen LogP contribution in [0.15, 0.2) is 18.2 Å².